The normalized spacial score (nSPS) is 16.6. The summed E-state index contributed by atoms with van der Waals surface area (Å²) in [7, 11) is 0. The average Bonchev–Trinajstić information content (AvgIpc) is 2.78. The van der Waals surface area contributed by atoms with Crippen LogP contribution in [0.25, 0.3) is 0 Å². The van der Waals surface area contributed by atoms with E-state index in [9.17, 15) is 4.79 Å². The molecule has 1 aliphatic rings. The van der Waals surface area contributed by atoms with E-state index in [2.05, 4.69) is 34.4 Å². The Morgan fingerprint density at radius 3 is 2.72 bits per heavy atom. The lowest BCUT2D eigenvalue weighted by Gasteiger charge is -2.43. The van der Waals surface area contributed by atoms with E-state index in [1.165, 1.54) is 0 Å². The van der Waals surface area contributed by atoms with Crippen LogP contribution in [0.3, 0.4) is 0 Å². The standard InChI is InChI=1S/C22H30N4O3/c1-3-22(2,26-11-13-28-14-12-26)17-24-21(27)25-19-5-4-6-20(15-19)29-16-18-7-9-23-10-8-18/h4-10,15H,3,11-14,16-17H2,1-2H3,(H2,24,25,27)/t22-/m0/s1. The molecular weight excluding hydrogens is 368 g/mol. The van der Waals surface area contributed by atoms with Crippen LogP contribution in [0.2, 0.25) is 0 Å². The van der Waals surface area contributed by atoms with Crippen molar-refractivity contribution >= 4 is 11.7 Å². The number of aromatic nitrogens is 1. The quantitative estimate of drug-likeness (QED) is 0.714. The fourth-order valence-electron chi connectivity index (χ4n) is 3.32. The van der Waals surface area contributed by atoms with Crippen LogP contribution < -0.4 is 15.4 Å². The Hall–Kier alpha value is -2.64. The number of rotatable bonds is 8. The minimum Gasteiger partial charge on any atom is -0.489 e. The van der Waals surface area contributed by atoms with Gasteiger partial charge in [-0.3, -0.25) is 9.88 Å². The van der Waals surface area contributed by atoms with Crippen molar-refractivity contribution in [3.05, 3.63) is 54.4 Å². The van der Waals surface area contributed by atoms with Gasteiger partial charge in [-0.2, -0.15) is 0 Å². The summed E-state index contributed by atoms with van der Waals surface area (Å²) < 4.78 is 11.3. The monoisotopic (exact) mass is 398 g/mol. The van der Waals surface area contributed by atoms with Gasteiger partial charge in [0.15, 0.2) is 0 Å². The second kappa shape index (κ2) is 10.2. The first-order valence-corrected chi connectivity index (χ1v) is 10.1. The number of morpholine rings is 1. The van der Waals surface area contributed by atoms with Gasteiger partial charge in [0, 0.05) is 49.3 Å². The Balaban J connectivity index is 1.50. The van der Waals surface area contributed by atoms with Crippen LogP contribution >= 0.6 is 0 Å². The maximum Gasteiger partial charge on any atom is 0.319 e. The fourth-order valence-corrected chi connectivity index (χ4v) is 3.32. The highest BCUT2D eigenvalue weighted by Crippen LogP contribution is 2.21. The van der Waals surface area contributed by atoms with Gasteiger partial charge < -0.3 is 20.1 Å². The molecule has 2 aromatic rings. The van der Waals surface area contributed by atoms with E-state index in [1.807, 2.05) is 36.4 Å². The van der Waals surface area contributed by atoms with Crippen LogP contribution in [0, 0.1) is 0 Å². The highest BCUT2D eigenvalue weighted by atomic mass is 16.5. The van der Waals surface area contributed by atoms with Gasteiger partial charge in [-0.1, -0.05) is 13.0 Å². The number of amides is 2. The molecule has 0 saturated carbocycles. The van der Waals surface area contributed by atoms with Crippen molar-refractivity contribution in [1.29, 1.82) is 0 Å². The van der Waals surface area contributed by atoms with E-state index in [-0.39, 0.29) is 11.6 Å². The molecular formula is C22H30N4O3. The van der Waals surface area contributed by atoms with Crippen LogP contribution in [0.15, 0.2) is 48.8 Å². The molecule has 156 valence electrons. The summed E-state index contributed by atoms with van der Waals surface area (Å²) in [5.74, 6) is 0.700. The third-order valence-electron chi connectivity index (χ3n) is 5.41. The van der Waals surface area contributed by atoms with E-state index in [4.69, 9.17) is 9.47 Å². The number of ether oxygens (including phenoxy) is 2. The third-order valence-corrected chi connectivity index (χ3v) is 5.41. The first kappa shape index (κ1) is 21.1. The number of hydrogen-bond acceptors (Lipinski definition) is 5. The summed E-state index contributed by atoms with van der Waals surface area (Å²) >= 11 is 0. The number of nitrogens with one attached hydrogen (secondary N) is 2. The van der Waals surface area contributed by atoms with E-state index >= 15 is 0 Å². The Labute approximate surface area is 172 Å². The van der Waals surface area contributed by atoms with Gasteiger partial charge in [-0.25, -0.2) is 4.79 Å². The zero-order valence-corrected chi connectivity index (χ0v) is 17.2. The number of urea groups is 1. The molecule has 7 heteroatoms. The highest BCUT2D eigenvalue weighted by molar-refractivity contribution is 5.89. The minimum atomic E-state index is -0.218. The van der Waals surface area contributed by atoms with Crippen LogP contribution in [-0.4, -0.2) is 54.3 Å². The molecule has 3 rings (SSSR count). The first-order chi connectivity index (χ1) is 14.1. The fraction of sp³-hybridized carbons (Fsp3) is 0.455. The van der Waals surface area contributed by atoms with Crippen LogP contribution in [-0.2, 0) is 11.3 Å². The summed E-state index contributed by atoms with van der Waals surface area (Å²) in [5.41, 5.74) is 1.65. The Bertz CT molecular complexity index is 781. The Morgan fingerprint density at radius 2 is 2.00 bits per heavy atom. The topological polar surface area (TPSA) is 75.7 Å². The third kappa shape index (κ3) is 6.17. The number of hydrogen-bond donors (Lipinski definition) is 2. The summed E-state index contributed by atoms with van der Waals surface area (Å²) in [6, 6.07) is 11.0. The van der Waals surface area contributed by atoms with Crippen molar-refractivity contribution < 1.29 is 14.3 Å². The van der Waals surface area contributed by atoms with Crippen molar-refractivity contribution in [2.45, 2.75) is 32.4 Å². The predicted octanol–water partition coefficient (Wildman–Crippen LogP) is 3.28. The highest BCUT2D eigenvalue weighted by Gasteiger charge is 2.31. The molecule has 2 N–H and O–H groups in total. The van der Waals surface area contributed by atoms with Gasteiger partial charge >= 0.3 is 6.03 Å². The lowest BCUT2D eigenvalue weighted by molar-refractivity contribution is -0.0163. The Morgan fingerprint density at radius 1 is 1.24 bits per heavy atom. The molecule has 1 fully saturated rings. The van der Waals surface area contributed by atoms with Crippen molar-refractivity contribution in [1.82, 2.24) is 15.2 Å². The SMILES string of the molecule is CC[C@@](C)(CNC(=O)Nc1cccc(OCc2ccncc2)c1)N1CCOCC1. The number of nitrogens with zero attached hydrogens (tertiary/aromatic N) is 2. The second-order valence-electron chi connectivity index (χ2n) is 7.43. The number of anilines is 1. The molecule has 0 unspecified atom stereocenters. The van der Waals surface area contributed by atoms with Gasteiger partial charge in [0.25, 0.3) is 0 Å². The molecule has 29 heavy (non-hydrogen) atoms. The van der Waals surface area contributed by atoms with Gasteiger partial charge in [0.2, 0.25) is 0 Å². The molecule has 1 saturated heterocycles. The van der Waals surface area contributed by atoms with E-state index in [0.717, 1.165) is 38.3 Å². The maximum absolute atomic E-state index is 12.4. The molecule has 1 aromatic carbocycles. The van der Waals surface area contributed by atoms with Crippen LogP contribution in [0.4, 0.5) is 10.5 Å². The molecule has 0 radical (unpaired) electrons. The van der Waals surface area contributed by atoms with Crippen molar-refractivity contribution in [2.24, 2.45) is 0 Å². The molecule has 2 heterocycles. The van der Waals surface area contributed by atoms with Gasteiger partial charge in [-0.15, -0.1) is 0 Å². The van der Waals surface area contributed by atoms with E-state index in [0.29, 0.717) is 24.6 Å². The lowest BCUT2D eigenvalue weighted by Crippen LogP contribution is -2.57. The average molecular weight is 399 g/mol. The summed E-state index contributed by atoms with van der Waals surface area (Å²) in [6.45, 7) is 8.64. The van der Waals surface area contributed by atoms with E-state index in [1.54, 1.807) is 12.4 Å². The molecule has 0 bridgehead atoms. The number of pyridine rings is 1. The molecule has 1 aromatic heterocycles. The molecule has 1 atom stereocenters. The van der Waals surface area contributed by atoms with E-state index < -0.39 is 0 Å². The number of carbonyl (C=O) groups excluding carboxylic acids is 1. The first-order valence-electron chi connectivity index (χ1n) is 10.1. The molecule has 1 aliphatic heterocycles. The predicted molar refractivity (Wildman–Crippen MR) is 113 cm³/mol. The molecule has 2 amide bonds. The molecule has 7 nitrogen and oxygen atoms in total. The maximum atomic E-state index is 12.4. The summed E-state index contributed by atoms with van der Waals surface area (Å²) in [6.07, 6.45) is 4.43. The van der Waals surface area contributed by atoms with Gasteiger partial charge in [0.1, 0.15) is 12.4 Å². The summed E-state index contributed by atoms with van der Waals surface area (Å²) in [4.78, 5) is 18.8. The minimum absolute atomic E-state index is 0.0867. The van der Waals surface area contributed by atoms with Gasteiger partial charge in [-0.05, 0) is 43.2 Å². The second-order valence-corrected chi connectivity index (χ2v) is 7.43. The number of carbonyl (C=O) groups is 1. The molecule has 0 aliphatic carbocycles. The Kier molecular flexibility index (Phi) is 7.43. The van der Waals surface area contributed by atoms with Crippen LogP contribution in [0.1, 0.15) is 25.8 Å². The van der Waals surface area contributed by atoms with Crippen molar-refractivity contribution in [3.8, 4) is 5.75 Å². The number of benzene rings is 1. The lowest BCUT2D eigenvalue weighted by atomic mass is 9.95. The zero-order chi connectivity index (χ0) is 20.5. The van der Waals surface area contributed by atoms with Crippen LogP contribution in [0.5, 0.6) is 5.75 Å². The summed E-state index contributed by atoms with van der Waals surface area (Å²) in [5, 5.41) is 5.91. The van der Waals surface area contributed by atoms with Crippen molar-refractivity contribution in [2.75, 3.05) is 38.2 Å². The van der Waals surface area contributed by atoms with Gasteiger partial charge in [0.05, 0.1) is 13.2 Å². The smallest absolute Gasteiger partial charge is 0.319 e. The largest absolute Gasteiger partial charge is 0.489 e. The zero-order valence-electron chi connectivity index (χ0n) is 17.2. The molecule has 0 spiro atoms. The van der Waals surface area contributed by atoms with Crippen molar-refractivity contribution in [3.63, 3.8) is 0 Å².